The van der Waals surface area contributed by atoms with Gasteiger partial charge in [-0.3, -0.25) is 0 Å². The Hall–Kier alpha value is -1.23. The fraction of sp³-hybridized carbons (Fsp3) is 0.333. The molecule has 2 N–H and O–H groups in total. The molecule has 0 aliphatic heterocycles. The number of thioether (sulfide) groups is 2. The maximum atomic E-state index is 11.1. The highest BCUT2D eigenvalue weighted by atomic mass is 32.2. The van der Waals surface area contributed by atoms with Gasteiger partial charge >= 0.3 is 0 Å². The lowest BCUT2D eigenvalue weighted by Crippen LogP contribution is -2.11. The average molecular weight is 361 g/mol. The summed E-state index contributed by atoms with van der Waals surface area (Å²) in [5.74, 6) is 2.51. The molecule has 22 heavy (non-hydrogen) atoms. The van der Waals surface area contributed by atoms with Crippen LogP contribution in [0.25, 0.3) is 0 Å². The summed E-state index contributed by atoms with van der Waals surface area (Å²) in [5.41, 5.74) is 0. The smallest absolute Gasteiger partial charge is 0.276 e. The summed E-state index contributed by atoms with van der Waals surface area (Å²) in [6, 6.07) is 5.94. The van der Waals surface area contributed by atoms with Crippen molar-refractivity contribution < 1.29 is 17.6 Å². The lowest BCUT2D eigenvalue weighted by Gasteiger charge is -2.05. The molecule has 1 aromatic heterocycles. The number of nitrogens with zero attached hydrogens (tertiary/aromatic N) is 2. The van der Waals surface area contributed by atoms with Crippen LogP contribution in [-0.2, 0) is 15.8 Å². The summed E-state index contributed by atoms with van der Waals surface area (Å²) < 4.78 is 33.2. The average Bonchev–Trinajstić information content (AvgIpc) is 2.91. The van der Waals surface area contributed by atoms with Gasteiger partial charge in [0.2, 0.25) is 15.9 Å². The zero-order valence-corrected chi connectivity index (χ0v) is 14.2. The Kier molecular flexibility index (Phi) is 6.12. The molecular weight excluding hydrogens is 346 g/mol. The number of ether oxygens (including phenoxy) is 1. The Bertz CT molecular complexity index is 701. The van der Waals surface area contributed by atoms with E-state index in [4.69, 9.17) is 14.3 Å². The van der Waals surface area contributed by atoms with Crippen LogP contribution >= 0.6 is 23.5 Å². The predicted octanol–water partition coefficient (Wildman–Crippen LogP) is 1.75. The molecule has 120 valence electrons. The van der Waals surface area contributed by atoms with Gasteiger partial charge in [0.05, 0.1) is 17.3 Å². The molecule has 1 aromatic carbocycles. The van der Waals surface area contributed by atoms with Crippen LogP contribution in [0, 0.1) is 0 Å². The summed E-state index contributed by atoms with van der Waals surface area (Å²) in [6.07, 6.45) is 1.96. The minimum atomic E-state index is -3.67. The second-order valence-corrected chi connectivity index (χ2v) is 7.58. The maximum absolute atomic E-state index is 11.1. The maximum Gasteiger partial charge on any atom is 0.276 e. The molecule has 1 heterocycles. The third kappa shape index (κ3) is 5.20. The molecule has 0 radical (unpaired) electrons. The quantitative estimate of drug-likeness (QED) is 0.559. The Morgan fingerprint density at radius 2 is 2.00 bits per heavy atom. The second kappa shape index (κ2) is 7.86. The molecule has 0 fully saturated rings. The van der Waals surface area contributed by atoms with Gasteiger partial charge in [-0.1, -0.05) is 11.8 Å². The molecule has 0 aliphatic carbocycles. The standard InChI is InChI=1S/C12H15N3O4S3/c1-20-8-11-14-15-12(19-11)21-7-6-18-9-2-4-10(5-3-9)22(13,16)17/h2-5H,6-8H2,1H3,(H2,13,16,17). The van der Waals surface area contributed by atoms with Gasteiger partial charge in [0.15, 0.2) is 0 Å². The van der Waals surface area contributed by atoms with E-state index < -0.39 is 10.0 Å². The van der Waals surface area contributed by atoms with E-state index in [9.17, 15) is 8.42 Å². The number of primary sulfonamides is 1. The Morgan fingerprint density at radius 1 is 1.27 bits per heavy atom. The fourth-order valence-corrected chi connectivity index (χ4v) is 2.97. The molecule has 10 heteroatoms. The van der Waals surface area contributed by atoms with E-state index in [0.29, 0.717) is 35.0 Å². The molecule has 2 aromatic rings. The van der Waals surface area contributed by atoms with Crippen LogP contribution in [-0.4, -0.2) is 37.2 Å². The number of aromatic nitrogens is 2. The largest absolute Gasteiger partial charge is 0.493 e. The van der Waals surface area contributed by atoms with E-state index in [1.54, 1.807) is 23.9 Å². The van der Waals surface area contributed by atoms with E-state index in [1.807, 2.05) is 6.26 Å². The van der Waals surface area contributed by atoms with Crippen molar-refractivity contribution in [1.82, 2.24) is 10.2 Å². The van der Waals surface area contributed by atoms with E-state index in [0.717, 1.165) is 0 Å². The van der Waals surface area contributed by atoms with Crippen molar-refractivity contribution in [2.24, 2.45) is 5.14 Å². The normalized spacial score (nSPS) is 11.5. The zero-order valence-electron chi connectivity index (χ0n) is 11.8. The van der Waals surface area contributed by atoms with Crippen molar-refractivity contribution in [1.29, 1.82) is 0 Å². The lowest BCUT2D eigenvalue weighted by atomic mass is 10.3. The highest BCUT2D eigenvalue weighted by Crippen LogP contribution is 2.19. The Balaban J connectivity index is 1.76. The van der Waals surface area contributed by atoms with Crippen LogP contribution in [0.3, 0.4) is 0 Å². The molecular formula is C12H15N3O4S3. The van der Waals surface area contributed by atoms with Gasteiger partial charge in [-0.05, 0) is 30.5 Å². The van der Waals surface area contributed by atoms with E-state index in [-0.39, 0.29) is 4.90 Å². The van der Waals surface area contributed by atoms with Gasteiger partial charge < -0.3 is 9.15 Å². The van der Waals surface area contributed by atoms with Crippen molar-refractivity contribution in [2.75, 3.05) is 18.6 Å². The van der Waals surface area contributed by atoms with E-state index in [1.165, 1.54) is 23.9 Å². The van der Waals surface area contributed by atoms with Crippen LogP contribution in [0.5, 0.6) is 5.75 Å². The van der Waals surface area contributed by atoms with E-state index >= 15 is 0 Å². The molecule has 0 atom stereocenters. The number of sulfonamides is 1. The third-order valence-electron chi connectivity index (χ3n) is 2.45. The molecule has 0 saturated heterocycles. The van der Waals surface area contributed by atoms with Gasteiger partial charge in [-0.2, -0.15) is 11.8 Å². The summed E-state index contributed by atoms with van der Waals surface area (Å²) in [7, 11) is -3.67. The van der Waals surface area contributed by atoms with Crippen LogP contribution in [0.15, 0.2) is 38.8 Å². The molecule has 0 aliphatic rings. The first-order valence-electron chi connectivity index (χ1n) is 6.19. The van der Waals surface area contributed by atoms with Crippen LogP contribution in [0.4, 0.5) is 0 Å². The number of hydrogen-bond acceptors (Lipinski definition) is 8. The number of nitrogens with two attached hydrogens (primary N) is 1. The van der Waals surface area contributed by atoms with Gasteiger partial charge in [0, 0.05) is 5.75 Å². The molecule has 0 unspecified atom stereocenters. The zero-order chi connectivity index (χ0) is 16.0. The van der Waals surface area contributed by atoms with Crippen molar-refractivity contribution >= 4 is 33.5 Å². The van der Waals surface area contributed by atoms with Crippen LogP contribution < -0.4 is 9.88 Å². The first kappa shape index (κ1) is 17.1. The van der Waals surface area contributed by atoms with E-state index in [2.05, 4.69) is 10.2 Å². The topological polar surface area (TPSA) is 108 Å². The molecule has 7 nitrogen and oxygen atoms in total. The number of rotatable bonds is 8. The monoisotopic (exact) mass is 361 g/mol. The molecule has 2 rings (SSSR count). The summed E-state index contributed by atoms with van der Waals surface area (Å²) in [4.78, 5) is 0.0569. The van der Waals surface area contributed by atoms with Crippen molar-refractivity contribution in [2.45, 2.75) is 15.9 Å². The summed E-state index contributed by atoms with van der Waals surface area (Å²) in [6.45, 7) is 0.430. The van der Waals surface area contributed by atoms with Gasteiger partial charge in [0.25, 0.3) is 5.22 Å². The van der Waals surface area contributed by atoms with Crippen molar-refractivity contribution in [3.8, 4) is 5.75 Å². The van der Waals surface area contributed by atoms with Gasteiger partial charge in [0.1, 0.15) is 5.75 Å². The predicted molar refractivity (Wildman–Crippen MR) is 85.6 cm³/mol. The Labute approximate surface area is 137 Å². The second-order valence-electron chi connectivity index (χ2n) is 4.11. The SMILES string of the molecule is CSCc1nnc(SCCOc2ccc(S(N)(=O)=O)cc2)o1. The first-order valence-corrected chi connectivity index (χ1v) is 10.1. The highest BCUT2D eigenvalue weighted by molar-refractivity contribution is 7.99. The van der Waals surface area contributed by atoms with Crippen LogP contribution in [0.1, 0.15) is 5.89 Å². The van der Waals surface area contributed by atoms with Crippen molar-refractivity contribution in [3.05, 3.63) is 30.2 Å². The fourth-order valence-electron chi connectivity index (χ4n) is 1.49. The van der Waals surface area contributed by atoms with Crippen LogP contribution in [0.2, 0.25) is 0 Å². The summed E-state index contributed by atoms with van der Waals surface area (Å²) >= 11 is 3.02. The van der Waals surface area contributed by atoms with Crippen molar-refractivity contribution in [3.63, 3.8) is 0 Å². The minimum absolute atomic E-state index is 0.0569. The third-order valence-corrected chi connectivity index (χ3v) is 4.69. The Morgan fingerprint density at radius 3 is 2.64 bits per heavy atom. The number of hydrogen-bond donors (Lipinski definition) is 1. The summed E-state index contributed by atoms with van der Waals surface area (Å²) in [5, 5.41) is 13.4. The minimum Gasteiger partial charge on any atom is -0.493 e. The first-order chi connectivity index (χ1) is 10.5. The van der Waals surface area contributed by atoms with Gasteiger partial charge in [-0.25, -0.2) is 13.6 Å². The molecule has 0 amide bonds. The highest BCUT2D eigenvalue weighted by Gasteiger charge is 2.08. The lowest BCUT2D eigenvalue weighted by molar-refractivity contribution is 0.342. The molecule has 0 spiro atoms. The number of benzene rings is 1. The molecule has 0 bridgehead atoms. The molecule has 0 saturated carbocycles. The van der Waals surface area contributed by atoms with Gasteiger partial charge in [-0.15, -0.1) is 10.2 Å².